The predicted octanol–water partition coefficient (Wildman–Crippen LogP) is 3.93. The Balaban J connectivity index is 1.37. The predicted molar refractivity (Wildman–Crippen MR) is 110 cm³/mol. The number of nitrogens with zero attached hydrogens (tertiary/aromatic N) is 2. The summed E-state index contributed by atoms with van der Waals surface area (Å²) in [6, 6.07) is 8.08. The van der Waals surface area contributed by atoms with E-state index in [1.165, 1.54) is 28.4 Å². The van der Waals surface area contributed by atoms with Crippen molar-refractivity contribution in [1.29, 1.82) is 0 Å². The molecule has 5 nitrogen and oxygen atoms in total. The van der Waals surface area contributed by atoms with Crippen molar-refractivity contribution in [3.63, 3.8) is 0 Å². The number of benzene rings is 1. The third-order valence-corrected chi connectivity index (χ3v) is 8.27. The molecular weight excluding hydrogens is 386 g/mol. The molecule has 2 aliphatic rings. The number of aromatic nitrogens is 1. The van der Waals surface area contributed by atoms with Gasteiger partial charge in [-0.05, 0) is 24.1 Å². The third-order valence-electron chi connectivity index (χ3n) is 4.25. The van der Waals surface area contributed by atoms with Gasteiger partial charge in [0.25, 0.3) is 0 Å². The van der Waals surface area contributed by atoms with Crippen LogP contribution in [0.5, 0.6) is 0 Å². The molecule has 1 aromatic carbocycles. The topological polar surface area (TPSA) is 62.3 Å². The highest BCUT2D eigenvalue weighted by molar-refractivity contribution is 8.19. The van der Waals surface area contributed by atoms with Crippen LogP contribution < -0.4 is 10.2 Å². The smallest absolute Gasteiger partial charge is 0.230 e. The average molecular weight is 406 g/mol. The van der Waals surface area contributed by atoms with Gasteiger partial charge in [-0.2, -0.15) is 0 Å². The number of anilines is 2. The minimum atomic E-state index is -0.0847. The van der Waals surface area contributed by atoms with Crippen molar-refractivity contribution < 1.29 is 9.59 Å². The Morgan fingerprint density at radius 1 is 1.31 bits per heavy atom. The number of hydrogen-bond donors (Lipinski definition) is 1. The van der Waals surface area contributed by atoms with Crippen LogP contribution in [0, 0.1) is 0 Å². The van der Waals surface area contributed by atoms with E-state index in [0.29, 0.717) is 21.8 Å². The molecule has 136 valence electrons. The van der Waals surface area contributed by atoms with Crippen molar-refractivity contribution in [2.75, 3.05) is 28.3 Å². The number of hydrogen-bond acceptors (Lipinski definition) is 6. The minimum absolute atomic E-state index is 0.0847. The summed E-state index contributed by atoms with van der Waals surface area (Å²) < 4.78 is 0.464. The Labute approximate surface area is 165 Å². The Morgan fingerprint density at radius 3 is 2.92 bits per heavy atom. The van der Waals surface area contributed by atoms with Crippen LogP contribution in [0.2, 0.25) is 0 Å². The standard InChI is InChI=1S/C18H19N3O2S3/c22-15(10-14-11-26-18(20-14)21-6-2-5-16(21)23)19-13-4-1-3-12(9-13)17-24-7-8-25-17/h1,3-4,9,11,17H,2,5-8,10H2,(H,19,22). The van der Waals surface area contributed by atoms with Crippen LogP contribution in [-0.4, -0.2) is 34.8 Å². The fourth-order valence-electron chi connectivity index (χ4n) is 3.04. The average Bonchev–Trinajstić information content (AvgIpc) is 3.36. The first kappa shape index (κ1) is 17.9. The Kier molecular flexibility index (Phi) is 5.52. The summed E-state index contributed by atoms with van der Waals surface area (Å²) in [5, 5.41) is 5.53. The van der Waals surface area contributed by atoms with Crippen molar-refractivity contribution in [2.45, 2.75) is 23.8 Å². The van der Waals surface area contributed by atoms with E-state index < -0.39 is 0 Å². The molecule has 0 bridgehead atoms. The van der Waals surface area contributed by atoms with Crippen LogP contribution >= 0.6 is 34.9 Å². The molecule has 0 unspecified atom stereocenters. The number of nitrogens with one attached hydrogen (secondary N) is 1. The van der Waals surface area contributed by atoms with Crippen LogP contribution in [-0.2, 0) is 16.0 Å². The van der Waals surface area contributed by atoms with Gasteiger partial charge < -0.3 is 5.32 Å². The zero-order valence-corrected chi connectivity index (χ0v) is 16.6. The minimum Gasteiger partial charge on any atom is -0.326 e. The van der Waals surface area contributed by atoms with Crippen LogP contribution in [0.1, 0.15) is 28.7 Å². The van der Waals surface area contributed by atoms with Crippen LogP contribution in [0.25, 0.3) is 0 Å². The highest BCUT2D eigenvalue weighted by Gasteiger charge is 2.24. The van der Waals surface area contributed by atoms with Crippen molar-refractivity contribution in [3.8, 4) is 0 Å². The molecule has 2 saturated heterocycles. The summed E-state index contributed by atoms with van der Waals surface area (Å²) in [6.45, 7) is 0.724. The Hall–Kier alpha value is -1.51. The molecule has 1 N–H and O–H groups in total. The normalized spacial score (nSPS) is 17.8. The van der Waals surface area contributed by atoms with E-state index in [1.54, 1.807) is 4.90 Å². The van der Waals surface area contributed by atoms with E-state index in [9.17, 15) is 9.59 Å². The molecule has 0 aliphatic carbocycles. The molecule has 4 rings (SSSR count). The van der Waals surface area contributed by atoms with E-state index in [4.69, 9.17) is 0 Å². The summed E-state index contributed by atoms with van der Waals surface area (Å²) in [5.41, 5.74) is 2.78. The van der Waals surface area contributed by atoms with Crippen molar-refractivity contribution >= 4 is 57.5 Å². The highest BCUT2D eigenvalue weighted by Crippen LogP contribution is 2.45. The van der Waals surface area contributed by atoms with E-state index in [-0.39, 0.29) is 18.2 Å². The lowest BCUT2D eigenvalue weighted by Gasteiger charge is -2.11. The highest BCUT2D eigenvalue weighted by atomic mass is 32.2. The van der Waals surface area contributed by atoms with E-state index in [2.05, 4.69) is 22.4 Å². The van der Waals surface area contributed by atoms with Crippen LogP contribution in [0.4, 0.5) is 10.8 Å². The molecule has 8 heteroatoms. The van der Waals surface area contributed by atoms with Gasteiger partial charge in [0.1, 0.15) is 0 Å². The Morgan fingerprint density at radius 2 is 2.15 bits per heavy atom. The lowest BCUT2D eigenvalue weighted by molar-refractivity contribution is -0.117. The first-order chi connectivity index (χ1) is 12.7. The number of rotatable bonds is 5. The van der Waals surface area contributed by atoms with Crippen LogP contribution in [0.15, 0.2) is 29.6 Å². The molecule has 2 fully saturated rings. The second-order valence-electron chi connectivity index (χ2n) is 6.19. The van der Waals surface area contributed by atoms with Gasteiger partial charge in [0.2, 0.25) is 11.8 Å². The number of carbonyl (C=O) groups is 2. The first-order valence-corrected chi connectivity index (χ1v) is 11.5. The lowest BCUT2D eigenvalue weighted by atomic mass is 10.2. The summed E-state index contributed by atoms with van der Waals surface area (Å²) in [4.78, 5) is 30.3. The molecule has 26 heavy (non-hydrogen) atoms. The fraction of sp³-hybridized carbons (Fsp3) is 0.389. The van der Waals surface area contributed by atoms with Gasteiger partial charge in [-0.25, -0.2) is 4.98 Å². The number of thiazole rings is 1. The molecule has 0 saturated carbocycles. The fourth-order valence-corrected chi connectivity index (χ4v) is 6.74. The molecule has 0 radical (unpaired) electrons. The zero-order valence-electron chi connectivity index (χ0n) is 14.1. The van der Waals surface area contributed by atoms with E-state index >= 15 is 0 Å². The maximum Gasteiger partial charge on any atom is 0.230 e. The number of thioether (sulfide) groups is 2. The monoisotopic (exact) mass is 405 g/mol. The molecular formula is C18H19N3O2S3. The van der Waals surface area contributed by atoms with Crippen LogP contribution in [0.3, 0.4) is 0 Å². The third kappa shape index (κ3) is 4.07. The molecule has 2 amide bonds. The number of carbonyl (C=O) groups excluding carboxylic acids is 2. The largest absolute Gasteiger partial charge is 0.326 e. The quantitative estimate of drug-likeness (QED) is 0.817. The number of amides is 2. The molecule has 1 aromatic heterocycles. The molecule has 0 atom stereocenters. The van der Waals surface area contributed by atoms with Gasteiger partial charge in [0.15, 0.2) is 5.13 Å². The van der Waals surface area contributed by atoms with Gasteiger partial charge in [-0.3, -0.25) is 14.5 Å². The first-order valence-electron chi connectivity index (χ1n) is 8.57. The zero-order chi connectivity index (χ0) is 17.9. The summed E-state index contributed by atoms with van der Waals surface area (Å²) >= 11 is 5.33. The SMILES string of the molecule is O=C(Cc1csc(N2CCCC2=O)n1)Nc1cccc(C2SCCS2)c1. The van der Waals surface area contributed by atoms with Crippen molar-refractivity contribution in [2.24, 2.45) is 0 Å². The molecule has 2 aromatic rings. The van der Waals surface area contributed by atoms with E-state index in [1.807, 2.05) is 41.0 Å². The van der Waals surface area contributed by atoms with Gasteiger partial charge >= 0.3 is 0 Å². The summed E-state index contributed by atoms with van der Waals surface area (Å²) in [6.07, 6.45) is 1.68. The second kappa shape index (κ2) is 8.02. The van der Waals surface area contributed by atoms with Gasteiger partial charge in [-0.15, -0.1) is 34.9 Å². The molecule has 0 spiro atoms. The summed E-state index contributed by atoms with van der Waals surface area (Å²) in [7, 11) is 0. The van der Waals surface area contributed by atoms with Gasteiger partial charge in [0.05, 0.1) is 16.7 Å². The maximum absolute atomic E-state index is 12.4. The van der Waals surface area contributed by atoms with Crippen molar-refractivity contribution in [1.82, 2.24) is 4.98 Å². The molecule has 2 aliphatic heterocycles. The van der Waals surface area contributed by atoms with E-state index in [0.717, 1.165) is 18.7 Å². The summed E-state index contributed by atoms with van der Waals surface area (Å²) in [5.74, 6) is 2.39. The van der Waals surface area contributed by atoms with Gasteiger partial charge in [0, 0.05) is 35.5 Å². The molecule has 3 heterocycles. The second-order valence-corrected chi connectivity index (χ2v) is 9.76. The lowest BCUT2D eigenvalue weighted by Crippen LogP contribution is -2.23. The van der Waals surface area contributed by atoms with Crippen molar-refractivity contribution in [3.05, 3.63) is 40.9 Å². The van der Waals surface area contributed by atoms with Gasteiger partial charge in [-0.1, -0.05) is 12.1 Å². The maximum atomic E-state index is 12.4. The Bertz CT molecular complexity index is 818.